The minimum Gasteiger partial charge on any atom is -0.464 e. The highest BCUT2D eigenvalue weighted by molar-refractivity contribution is 5.86. The highest BCUT2D eigenvalue weighted by Crippen LogP contribution is 2.35. The van der Waals surface area contributed by atoms with Crippen LogP contribution in [0.5, 0.6) is 0 Å². The van der Waals surface area contributed by atoms with Crippen LogP contribution >= 0.6 is 0 Å². The van der Waals surface area contributed by atoms with Gasteiger partial charge in [0.25, 0.3) is 0 Å². The molecular formula is C12H15N3O3. The van der Waals surface area contributed by atoms with Gasteiger partial charge in [0, 0.05) is 0 Å². The van der Waals surface area contributed by atoms with E-state index in [0.717, 1.165) is 19.3 Å². The molecular weight excluding hydrogens is 234 g/mol. The first-order chi connectivity index (χ1) is 8.76. The molecule has 2 saturated heterocycles. The zero-order chi connectivity index (χ0) is 12.5. The van der Waals surface area contributed by atoms with E-state index < -0.39 is 5.97 Å². The molecule has 1 aromatic heterocycles. The number of ether oxygens (including phenoxy) is 2. The van der Waals surface area contributed by atoms with Crippen molar-refractivity contribution in [1.82, 2.24) is 9.97 Å². The fraction of sp³-hybridized carbons (Fsp3) is 0.583. The summed E-state index contributed by atoms with van der Waals surface area (Å²) in [5.74, 6) is 0.195. The molecule has 0 aromatic carbocycles. The van der Waals surface area contributed by atoms with Crippen LogP contribution in [0.25, 0.3) is 0 Å². The Kier molecular flexibility index (Phi) is 2.87. The smallest absolute Gasteiger partial charge is 0.358 e. The van der Waals surface area contributed by atoms with Crippen molar-refractivity contribution in [3.05, 3.63) is 18.1 Å². The van der Waals surface area contributed by atoms with Crippen LogP contribution in [-0.4, -0.2) is 41.3 Å². The average Bonchev–Trinajstić information content (AvgIpc) is 3.01. The number of esters is 1. The standard InChI is InChI=1S/C12H15N3O3/c1-17-12(16)9-5-14-11(6-13-9)15-8-4-7-2-3-10(8)18-7/h5-8,10H,2-4H2,1H3,(H,14,15). The van der Waals surface area contributed by atoms with Crippen molar-refractivity contribution in [2.75, 3.05) is 12.4 Å². The van der Waals surface area contributed by atoms with Gasteiger partial charge in [-0.2, -0.15) is 0 Å². The lowest BCUT2D eigenvalue weighted by Crippen LogP contribution is -2.30. The van der Waals surface area contributed by atoms with E-state index >= 15 is 0 Å². The number of methoxy groups -OCH3 is 1. The SMILES string of the molecule is COC(=O)c1cnc(NC2CC3CCC2O3)cn1. The van der Waals surface area contributed by atoms with Gasteiger partial charge < -0.3 is 14.8 Å². The van der Waals surface area contributed by atoms with Crippen molar-refractivity contribution in [2.24, 2.45) is 0 Å². The molecule has 1 aromatic rings. The third-order valence-electron chi connectivity index (χ3n) is 3.49. The third-order valence-corrected chi connectivity index (χ3v) is 3.49. The summed E-state index contributed by atoms with van der Waals surface area (Å²) in [6, 6.07) is 0.307. The first kappa shape index (κ1) is 11.4. The van der Waals surface area contributed by atoms with Gasteiger partial charge in [-0.15, -0.1) is 0 Å². The van der Waals surface area contributed by atoms with Gasteiger partial charge in [0.05, 0.1) is 37.8 Å². The van der Waals surface area contributed by atoms with Crippen LogP contribution in [0.4, 0.5) is 5.82 Å². The molecule has 2 fully saturated rings. The lowest BCUT2D eigenvalue weighted by Gasteiger charge is -2.20. The second-order valence-electron chi connectivity index (χ2n) is 4.64. The Morgan fingerprint density at radius 3 is 2.89 bits per heavy atom. The second kappa shape index (κ2) is 4.53. The summed E-state index contributed by atoms with van der Waals surface area (Å²) in [5.41, 5.74) is 0.215. The van der Waals surface area contributed by atoms with Crippen molar-refractivity contribution < 1.29 is 14.3 Å². The largest absolute Gasteiger partial charge is 0.464 e. The van der Waals surface area contributed by atoms with E-state index in [9.17, 15) is 4.79 Å². The summed E-state index contributed by atoms with van der Waals surface area (Å²) in [6.07, 6.45) is 6.95. The van der Waals surface area contributed by atoms with Crippen molar-refractivity contribution in [1.29, 1.82) is 0 Å². The van der Waals surface area contributed by atoms with Gasteiger partial charge in [0.2, 0.25) is 0 Å². The molecule has 0 saturated carbocycles. The third kappa shape index (κ3) is 2.03. The number of nitrogens with one attached hydrogen (secondary N) is 1. The maximum absolute atomic E-state index is 11.2. The predicted molar refractivity (Wildman–Crippen MR) is 63.3 cm³/mol. The molecule has 1 N–H and O–H groups in total. The highest BCUT2D eigenvalue weighted by atomic mass is 16.5. The zero-order valence-electron chi connectivity index (χ0n) is 10.1. The van der Waals surface area contributed by atoms with Crippen LogP contribution in [0.15, 0.2) is 12.4 Å². The normalized spacial score (nSPS) is 29.3. The van der Waals surface area contributed by atoms with Crippen LogP contribution in [0, 0.1) is 0 Å². The van der Waals surface area contributed by atoms with Crippen LogP contribution in [0.1, 0.15) is 29.8 Å². The van der Waals surface area contributed by atoms with E-state index in [-0.39, 0.29) is 11.8 Å². The van der Waals surface area contributed by atoms with Crippen molar-refractivity contribution in [3.63, 3.8) is 0 Å². The van der Waals surface area contributed by atoms with Gasteiger partial charge in [-0.3, -0.25) is 0 Å². The summed E-state index contributed by atoms with van der Waals surface area (Å²) >= 11 is 0. The number of hydrogen-bond acceptors (Lipinski definition) is 6. The lowest BCUT2D eigenvalue weighted by molar-refractivity contribution is 0.0593. The molecule has 3 rings (SSSR count). The van der Waals surface area contributed by atoms with Crippen molar-refractivity contribution >= 4 is 11.8 Å². The molecule has 3 heterocycles. The van der Waals surface area contributed by atoms with E-state index in [1.54, 1.807) is 6.20 Å². The van der Waals surface area contributed by atoms with Gasteiger partial charge in [-0.05, 0) is 19.3 Å². The van der Waals surface area contributed by atoms with Crippen LogP contribution in [-0.2, 0) is 9.47 Å². The number of fused-ring (bicyclic) bond motifs is 2. The van der Waals surface area contributed by atoms with Gasteiger partial charge in [0.1, 0.15) is 5.82 Å². The summed E-state index contributed by atoms with van der Waals surface area (Å²) in [7, 11) is 1.32. The van der Waals surface area contributed by atoms with Crippen LogP contribution < -0.4 is 5.32 Å². The highest BCUT2D eigenvalue weighted by Gasteiger charge is 2.40. The van der Waals surface area contributed by atoms with E-state index in [2.05, 4.69) is 20.0 Å². The van der Waals surface area contributed by atoms with Crippen LogP contribution in [0.2, 0.25) is 0 Å². The predicted octanol–water partition coefficient (Wildman–Crippen LogP) is 0.995. The number of rotatable bonds is 3. The van der Waals surface area contributed by atoms with E-state index in [4.69, 9.17) is 4.74 Å². The zero-order valence-corrected chi connectivity index (χ0v) is 10.1. The summed E-state index contributed by atoms with van der Waals surface area (Å²) in [4.78, 5) is 19.4. The molecule has 2 aliphatic rings. The Hall–Kier alpha value is -1.69. The van der Waals surface area contributed by atoms with E-state index in [1.165, 1.54) is 13.3 Å². The summed E-state index contributed by atoms with van der Waals surface area (Å²) in [6.45, 7) is 0. The Bertz CT molecular complexity index is 448. The second-order valence-corrected chi connectivity index (χ2v) is 4.64. The minimum atomic E-state index is -0.475. The Morgan fingerprint density at radius 2 is 2.33 bits per heavy atom. The molecule has 0 aliphatic carbocycles. The molecule has 6 nitrogen and oxygen atoms in total. The van der Waals surface area contributed by atoms with Crippen molar-refractivity contribution in [3.8, 4) is 0 Å². The molecule has 3 atom stereocenters. The first-order valence-corrected chi connectivity index (χ1v) is 6.08. The maximum Gasteiger partial charge on any atom is 0.358 e. The van der Waals surface area contributed by atoms with E-state index in [0.29, 0.717) is 18.0 Å². The first-order valence-electron chi connectivity index (χ1n) is 6.08. The molecule has 3 unspecified atom stereocenters. The molecule has 2 aliphatic heterocycles. The molecule has 18 heavy (non-hydrogen) atoms. The Morgan fingerprint density at radius 1 is 1.44 bits per heavy atom. The summed E-state index contributed by atoms with van der Waals surface area (Å²) in [5, 5.41) is 3.31. The Balaban J connectivity index is 1.65. The topological polar surface area (TPSA) is 73.3 Å². The quantitative estimate of drug-likeness (QED) is 0.805. The van der Waals surface area contributed by atoms with Gasteiger partial charge >= 0.3 is 5.97 Å². The summed E-state index contributed by atoms with van der Waals surface area (Å²) < 4.78 is 10.3. The average molecular weight is 249 g/mol. The number of hydrogen-bond donors (Lipinski definition) is 1. The lowest BCUT2D eigenvalue weighted by atomic mass is 9.95. The Labute approximate surface area is 105 Å². The van der Waals surface area contributed by atoms with Gasteiger partial charge in [-0.25, -0.2) is 14.8 Å². The maximum atomic E-state index is 11.2. The molecule has 0 amide bonds. The number of nitrogens with zero attached hydrogens (tertiary/aromatic N) is 2. The molecule has 96 valence electrons. The fourth-order valence-corrected chi connectivity index (χ4v) is 2.59. The van der Waals surface area contributed by atoms with Gasteiger partial charge in [-0.1, -0.05) is 0 Å². The molecule has 6 heteroatoms. The molecule has 0 radical (unpaired) electrons. The number of anilines is 1. The van der Waals surface area contributed by atoms with Crippen molar-refractivity contribution in [2.45, 2.75) is 37.5 Å². The molecule has 0 spiro atoms. The minimum absolute atomic E-state index is 0.215. The number of carbonyl (C=O) groups is 1. The van der Waals surface area contributed by atoms with Gasteiger partial charge in [0.15, 0.2) is 5.69 Å². The monoisotopic (exact) mass is 249 g/mol. The van der Waals surface area contributed by atoms with Crippen LogP contribution in [0.3, 0.4) is 0 Å². The number of carbonyl (C=O) groups excluding carboxylic acids is 1. The molecule has 2 bridgehead atoms. The number of aromatic nitrogens is 2. The fourth-order valence-electron chi connectivity index (χ4n) is 2.59. The van der Waals surface area contributed by atoms with E-state index in [1.807, 2.05) is 0 Å².